The number of nitrogens with one attached hydrogen (secondary N) is 2. The van der Waals surface area contributed by atoms with Crippen molar-refractivity contribution in [2.24, 2.45) is 4.99 Å². The first kappa shape index (κ1) is 12.3. The fourth-order valence-corrected chi connectivity index (χ4v) is 3.86. The van der Waals surface area contributed by atoms with Crippen LogP contribution in [0.25, 0.3) is 0 Å². The van der Waals surface area contributed by atoms with E-state index in [0.717, 1.165) is 30.5 Å². The normalized spacial score (nSPS) is 29.4. The van der Waals surface area contributed by atoms with Gasteiger partial charge in [0, 0.05) is 18.4 Å². The summed E-state index contributed by atoms with van der Waals surface area (Å²) >= 11 is 0. The third-order valence-corrected chi connectivity index (χ3v) is 4.75. The lowest BCUT2D eigenvalue weighted by Crippen LogP contribution is -3.16. The van der Waals surface area contributed by atoms with E-state index in [1.54, 1.807) is 6.07 Å². The Labute approximate surface area is 122 Å². The van der Waals surface area contributed by atoms with Gasteiger partial charge in [-0.1, -0.05) is 0 Å². The van der Waals surface area contributed by atoms with Crippen LogP contribution in [0.15, 0.2) is 35.1 Å². The van der Waals surface area contributed by atoms with Gasteiger partial charge in [0.05, 0.1) is 29.9 Å². The maximum atomic E-state index is 12.2. The second-order valence-electron chi connectivity index (χ2n) is 5.88. The van der Waals surface area contributed by atoms with Crippen molar-refractivity contribution in [3.05, 3.63) is 41.2 Å². The highest BCUT2D eigenvalue weighted by molar-refractivity contribution is 5.95. The van der Waals surface area contributed by atoms with E-state index in [1.165, 1.54) is 10.6 Å². The molecule has 1 saturated heterocycles. The molecule has 1 aromatic rings. The van der Waals surface area contributed by atoms with E-state index in [2.05, 4.69) is 16.4 Å². The molecular weight excluding hydrogens is 264 g/mol. The zero-order chi connectivity index (χ0) is 14.4. The highest BCUT2D eigenvalue weighted by Gasteiger charge is 2.52. The number of nitrogens with zero attached hydrogens (tertiary/aromatic N) is 2. The van der Waals surface area contributed by atoms with Gasteiger partial charge in [-0.25, -0.2) is 4.99 Å². The molecule has 0 radical (unpaired) electrons. The Morgan fingerprint density at radius 2 is 2.33 bits per heavy atom. The molecule has 104 valence electrons. The van der Waals surface area contributed by atoms with Crippen LogP contribution < -0.4 is 10.2 Å². The first-order valence-electron chi connectivity index (χ1n) is 7.17. The Hall–Kier alpha value is -2.45. The van der Waals surface area contributed by atoms with Crippen molar-refractivity contribution in [2.45, 2.75) is 31.2 Å². The minimum Gasteiger partial charge on any atom is -0.325 e. The molecule has 4 rings (SSSR count). The number of aliphatic imine (C=N–C) groups is 1. The summed E-state index contributed by atoms with van der Waals surface area (Å²) in [6, 6.07) is 7.74. The molecule has 1 amide bonds. The van der Waals surface area contributed by atoms with Gasteiger partial charge in [-0.15, -0.1) is 0 Å². The van der Waals surface area contributed by atoms with Crippen LogP contribution in [0, 0.1) is 11.3 Å². The Kier molecular flexibility index (Phi) is 2.50. The van der Waals surface area contributed by atoms with Crippen LogP contribution in [0.1, 0.15) is 36.8 Å². The SMILES string of the molecule is N#Cc1ccc2c(c1)NC(=O)CC21CCCC2=CN=C[NH+]21. The summed E-state index contributed by atoms with van der Waals surface area (Å²) in [6.45, 7) is 0. The summed E-state index contributed by atoms with van der Waals surface area (Å²) in [5.41, 5.74) is 3.46. The lowest BCUT2D eigenvalue weighted by Gasteiger charge is -2.44. The van der Waals surface area contributed by atoms with Gasteiger partial charge in [0.2, 0.25) is 5.91 Å². The minimum atomic E-state index is -0.268. The lowest BCUT2D eigenvalue weighted by atomic mass is 9.74. The molecule has 21 heavy (non-hydrogen) atoms. The molecule has 0 aromatic heterocycles. The molecule has 0 aliphatic carbocycles. The van der Waals surface area contributed by atoms with Gasteiger partial charge >= 0.3 is 0 Å². The van der Waals surface area contributed by atoms with E-state index >= 15 is 0 Å². The number of rotatable bonds is 0. The van der Waals surface area contributed by atoms with Gasteiger partial charge in [0.25, 0.3) is 0 Å². The van der Waals surface area contributed by atoms with Crippen LogP contribution in [0.2, 0.25) is 0 Å². The predicted molar refractivity (Wildman–Crippen MR) is 77.5 cm³/mol. The van der Waals surface area contributed by atoms with Gasteiger partial charge in [0.15, 0.2) is 6.34 Å². The van der Waals surface area contributed by atoms with Gasteiger partial charge in [-0.3, -0.25) is 9.69 Å². The number of fused-ring (bicyclic) bond motifs is 4. The molecule has 3 aliphatic heterocycles. The standard InChI is InChI=1S/C16H14N4O/c17-8-11-3-4-13-14(6-11)19-15(21)7-16(13)5-1-2-12-9-18-10-20(12)16/h3-4,6,9-10H,1-2,5,7H2,(H,19,21)/p+1. The maximum Gasteiger partial charge on any atom is 0.231 e. The summed E-state index contributed by atoms with van der Waals surface area (Å²) < 4.78 is 0. The van der Waals surface area contributed by atoms with Crippen molar-refractivity contribution in [2.75, 3.05) is 5.32 Å². The topological polar surface area (TPSA) is 69.7 Å². The summed E-state index contributed by atoms with van der Waals surface area (Å²) in [6.07, 6.45) is 7.35. The third kappa shape index (κ3) is 1.66. The van der Waals surface area contributed by atoms with Crippen molar-refractivity contribution in [1.29, 1.82) is 5.26 Å². The van der Waals surface area contributed by atoms with E-state index in [-0.39, 0.29) is 11.4 Å². The number of hydrogen-bond donors (Lipinski definition) is 2. The molecule has 0 saturated carbocycles. The number of hydrogen-bond acceptors (Lipinski definition) is 3. The van der Waals surface area contributed by atoms with Crippen molar-refractivity contribution < 1.29 is 9.69 Å². The number of allylic oxidation sites excluding steroid dienone is 1. The van der Waals surface area contributed by atoms with E-state index in [0.29, 0.717) is 12.0 Å². The molecule has 2 atom stereocenters. The van der Waals surface area contributed by atoms with Crippen LogP contribution in [-0.2, 0) is 10.3 Å². The van der Waals surface area contributed by atoms with Gasteiger partial charge in [-0.05, 0) is 24.6 Å². The Bertz CT molecular complexity index is 743. The monoisotopic (exact) mass is 279 g/mol. The first-order chi connectivity index (χ1) is 10.2. The Morgan fingerprint density at radius 1 is 1.43 bits per heavy atom. The Balaban J connectivity index is 1.91. The number of piperidine rings is 1. The maximum absolute atomic E-state index is 12.2. The average molecular weight is 279 g/mol. The summed E-state index contributed by atoms with van der Waals surface area (Å²) in [4.78, 5) is 17.7. The summed E-state index contributed by atoms with van der Waals surface area (Å²) in [7, 11) is 0. The molecule has 3 aliphatic rings. The van der Waals surface area contributed by atoms with Gasteiger partial charge < -0.3 is 5.32 Å². The van der Waals surface area contributed by atoms with Gasteiger partial charge in [0.1, 0.15) is 11.2 Å². The lowest BCUT2D eigenvalue weighted by molar-refractivity contribution is -0.834. The van der Waals surface area contributed by atoms with Crippen LogP contribution in [0.4, 0.5) is 5.69 Å². The van der Waals surface area contributed by atoms with Crippen molar-refractivity contribution in [1.82, 2.24) is 0 Å². The predicted octanol–water partition coefficient (Wildman–Crippen LogP) is 1.05. The number of benzene rings is 1. The quantitative estimate of drug-likeness (QED) is 0.745. The summed E-state index contributed by atoms with van der Waals surface area (Å²) in [5, 5.41) is 12.0. The first-order valence-corrected chi connectivity index (χ1v) is 7.17. The van der Waals surface area contributed by atoms with Crippen molar-refractivity contribution in [3.63, 3.8) is 0 Å². The molecule has 2 N–H and O–H groups in total. The zero-order valence-electron chi connectivity index (χ0n) is 11.5. The molecule has 0 bridgehead atoms. The second kappa shape index (κ2) is 4.27. The number of anilines is 1. The summed E-state index contributed by atoms with van der Waals surface area (Å²) in [5.74, 6) is 0.0200. The highest BCUT2D eigenvalue weighted by atomic mass is 16.1. The fraction of sp³-hybridized carbons (Fsp3) is 0.312. The molecule has 1 aromatic carbocycles. The fourth-order valence-electron chi connectivity index (χ4n) is 3.86. The second-order valence-corrected chi connectivity index (χ2v) is 5.88. The molecule has 5 nitrogen and oxygen atoms in total. The van der Waals surface area contributed by atoms with Crippen molar-refractivity contribution in [3.8, 4) is 6.07 Å². The van der Waals surface area contributed by atoms with Crippen LogP contribution in [0.5, 0.6) is 0 Å². The van der Waals surface area contributed by atoms with E-state index < -0.39 is 0 Å². The number of quaternary nitrogens is 1. The van der Waals surface area contributed by atoms with Crippen LogP contribution >= 0.6 is 0 Å². The van der Waals surface area contributed by atoms with E-state index in [4.69, 9.17) is 5.26 Å². The van der Waals surface area contributed by atoms with Gasteiger partial charge in [-0.2, -0.15) is 5.26 Å². The number of carbonyl (C=O) groups is 1. The average Bonchev–Trinajstić information content (AvgIpc) is 2.96. The largest absolute Gasteiger partial charge is 0.325 e. The number of carbonyl (C=O) groups excluding carboxylic acids is 1. The van der Waals surface area contributed by atoms with Crippen LogP contribution in [0.3, 0.4) is 0 Å². The van der Waals surface area contributed by atoms with E-state index in [9.17, 15) is 4.79 Å². The number of nitriles is 1. The smallest absolute Gasteiger partial charge is 0.231 e. The molecule has 5 heteroatoms. The molecular formula is C16H15N4O+. The highest BCUT2D eigenvalue weighted by Crippen LogP contribution is 2.40. The minimum absolute atomic E-state index is 0.0200. The van der Waals surface area contributed by atoms with Crippen molar-refractivity contribution >= 4 is 17.9 Å². The molecule has 3 heterocycles. The van der Waals surface area contributed by atoms with E-state index in [1.807, 2.05) is 24.7 Å². The molecule has 1 fully saturated rings. The third-order valence-electron chi connectivity index (χ3n) is 4.75. The molecule has 2 unspecified atom stereocenters. The Morgan fingerprint density at radius 3 is 3.19 bits per heavy atom. The molecule has 1 spiro atoms. The van der Waals surface area contributed by atoms with Crippen LogP contribution in [-0.4, -0.2) is 12.2 Å². The number of amides is 1. The zero-order valence-corrected chi connectivity index (χ0v) is 11.5.